The maximum Gasteiger partial charge on any atom is 0.241 e. The number of benzene rings is 1. The Labute approximate surface area is 160 Å². The first-order chi connectivity index (χ1) is 13.1. The van der Waals surface area contributed by atoms with E-state index in [2.05, 4.69) is 21.0 Å². The third kappa shape index (κ3) is 3.59. The molecule has 27 heavy (non-hydrogen) atoms. The van der Waals surface area contributed by atoms with Crippen LogP contribution in [0.4, 0.5) is 0 Å². The molecule has 0 radical (unpaired) electrons. The number of carbonyl (C=O) groups excluding carboxylic acids is 1. The van der Waals surface area contributed by atoms with Gasteiger partial charge in [0, 0.05) is 52.9 Å². The van der Waals surface area contributed by atoms with Crippen molar-refractivity contribution in [3.8, 4) is 22.3 Å². The Hall–Kier alpha value is -3.44. The Balaban J connectivity index is 1.79. The van der Waals surface area contributed by atoms with Crippen LogP contribution in [-0.4, -0.2) is 20.9 Å². The van der Waals surface area contributed by atoms with E-state index in [1.54, 1.807) is 18.5 Å². The third-order valence-electron chi connectivity index (χ3n) is 4.21. The number of halogens is 1. The van der Waals surface area contributed by atoms with Crippen molar-refractivity contribution in [2.24, 2.45) is 5.73 Å². The second-order valence-corrected chi connectivity index (χ2v) is 6.51. The maximum absolute atomic E-state index is 10.9. The van der Waals surface area contributed by atoms with Crippen molar-refractivity contribution in [2.45, 2.75) is 0 Å². The number of carbonyl (C=O) groups is 1. The van der Waals surface area contributed by atoms with Crippen LogP contribution in [0, 0.1) is 0 Å². The lowest BCUT2D eigenvalue weighted by Gasteiger charge is -2.05. The highest BCUT2D eigenvalue weighted by Gasteiger charge is 2.10. The van der Waals surface area contributed by atoms with Crippen molar-refractivity contribution in [2.75, 3.05) is 0 Å². The summed E-state index contributed by atoms with van der Waals surface area (Å²) in [6.07, 6.45) is 10.1. The van der Waals surface area contributed by atoms with E-state index in [0.29, 0.717) is 5.02 Å². The van der Waals surface area contributed by atoms with Crippen molar-refractivity contribution in [1.29, 1.82) is 0 Å². The third-order valence-corrected chi connectivity index (χ3v) is 4.41. The summed E-state index contributed by atoms with van der Waals surface area (Å²) >= 11 is 6.08. The van der Waals surface area contributed by atoms with Gasteiger partial charge in [-0.15, -0.1) is 0 Å². The molecule has 132 valence electrons. The highest BCUT2D eigenvalue weighted by Crippen LogP contribution is 2.31. The molecule has 1 aromatic carbocycles. The van der Waals surface area contributed by atoms with Crippen molar-refractivity contribution < 1.29 is 4.79 Å². The number of hydrogen-bond donors (Lipinski definition) is 2. The molecular formula is C21H15ClN4O. The van der Waals surface area contributed by atoms with E-state index in [1.165, 1.54) is 6.08 Å². The quantitative estimate of drug-likeness (QED) is 0.518. The molecule has 0 fully saturated rings. The molecule has 0 saturated heterocycles. The zero-order valence-electron chi connectivity index (χ0n) is 14.2. The molecule has 3 heterocycles. The number of amides is 1. The molecule has 0 aliphatic heterocycles. The molecule has 3 aromatic heterocycles. The summed E-state index contributed by atoms with van der Waals surface area (Å²) < 4.78 is 0. The van der Waals surface area contributed by atoms with Crippen LogP contribution in [0.3, 0.4) is 0 Å². The predicted molar refractivity (Wildman–Crippen MR) is 108 cm³/mol. The number of aromatic nitrogens is 3. The number of pyridine rings is 2. The van der Waals surface area contributed by atoms with Crippen LogP contribution in [0.5, 0.6) is 0 Å². The van der Waals surface area contributed by atoms with Gasteiger partial charge in [-0.1, -0.05) is 29.8 Å². The lowest BCUT2D eigenvalue weighted by molar-refractivity contribution is -0.113. The van der Waals surface area contributed by atoms with Gasteiger partial charge in [-0.05, 0) is 35.4 Å². The number of fused-ring (bicyclic) bond motifs is 1. The average molecular weight is 375 g/mol. The number of rotatable bonds is 4. The molecular weight excluding hydrogens is 360 g/mol. The van der Waals surface area contributed by atoms with Crippen LogP contribution in [-0.2, 0) is 4.79 Å². The van der Waals surface area contributed by atoms with Crippen molar-refractivity contribution >= 4 is 34.6 Å². The second kappa shape index (κ2) is 7.05. The van der Waals surface area contributed by atoms with Gasteiger partial charge >= 0.3 is 0 Å². The Morgan fingerprint density at radius 2 is 1.96 bits per heavy atom. The first-order valence-electron chi connectivity index (χ1n) is 8.26. The number of nitrogens with one attached hydrogen (secondary N) is 1. The van der Waals surface area contributed by atoms with Gasteiger partial charge < -0.3 is 10.7 Å². The highest BCUT2D eigenvalue weighted by atomic mass is 35.5. The van der Waals surface area contributed by atoms with Gasteiger partial charge in [-0.3, -0.25) is 9.78 Å². The van der Waals surface area contributed by atoms with Crippen LogP contribution >= 0.6 is 11.6 Å². The van der Waals surface area contributed by atoms with Gasteiger partial charge in [-0.25, -0.2) is 4.98 Å². The van der Waals surface area contributed by atoms with Crippen LogP contribution in [0.2, 0.25) is 5.02 Å². The molecule has 0 saturated carbocycles. The minimum absolute atomic E-state index is 0.476. The molecule has 1 amide bonds. The SMILES string of the molecule is NC(=O)C=Cc1cccc(-c2cnc3[nH]cc(-c4cncc(Cl)c4)c3c2)c1. The summed E-state index contributed by atoms with van der Waals surface area (Å²) in [6.45, 7) is 0. The minimum atomic E-state index is -0.476. The number of nitrogens with two attached hydrogens (primary N) is 1. The standard InChI is InChI=1S/C21H15ClN4O/c22-17-7-16(9-24-11-17)19-12-26-21-18(19)8-15(10-25-21)14-3-1-2-13(6-14)4-5-20(23)27/h1-12H,(H2,23,27)(H,25,26). The Bertz CT molecular complexity index is 1180. The Morgan fingerprint density at radius 1 is 1.07 bits per heavy atom. The monoisotopic (exact) mass is 374 g/mol. The molecule has 0 spiro atoms. The van der Waals surface area contributed by atoms with Crippen LogP contribution < -0.4 is 5.73 Å². The average Bonchev–Trinajstić information content (AvgIpc) is 3.10. The van der Waals surface area contributed by atoms with Crippen molar-refractivity contribution in [3.63, 3.8) is 0 Å². The lowest BCUT2D eigenvalue weighted by atomic mass is 10.0. The smallest absolute Gasteiger partial charge is 0.241 e. The number of H-pyrrole nitrogens is 1. The van der Waals surface area contributed by atoms with E-state index in [1.807, 2.05) is 42.7 Å². The van der Waals surface area contributed by atoms with Crippen molar-refractivity contribution in [3.05, 3.63) is 77.8 Å². The molecule has 0 unspecified atom stereocenters. The molecule has 6 heteroatoms. The number of primary amides is 1. The summed E-state index contributed by atoms with van der Waals surface area (Å²) in [7, 11) is 0. The van der Waals surface area contributed by atoms with Crippen LogP contribution in [0.25, 0.3) is 39.4 Å². The molecule has 0 bridgehead atoms. The van der Waals surface area contributed by atoms with Crippen LogP contribution in [0.1, 0.15) is 5.56 Å². The fourth-order valence-electron chi connectivity index (χ4n) is 2.96. The molecule has 5 nitrogen and oxygen atoms in total. The highest BCUT2D eigenvalue weighted by molar-refractivity contribution is 6.30. The molecule has 0 aliphatic carbocycles. The Morgan fingerprint density at radius 3 is 2.78 bits per heavy atom. The second-order valence-electron chi connectivity index (χ2n) is 6.08. The topological polar surface area (TPSA) is 84.7 Å². The number of hydrogen-bond acceptors (Lipinski definition) is 3. The first kappa shape index (κ1) is 17.0. The molecule has 4 rings (SSSR count). The first-order valence-corrected chi connectivity index (χ1v) is 8.64. The fourth-order valence-corrected chi connectivity index (χ4v) is 3.13. The summed E-state index contributed by atoms with van der Waals surface area (Å²) in [5, 5.41) is 1.56. The molecule has 4 aromatic rings. The van der Waals surface area contributed by atoms with Gasteiger partial charge in [0.1, 0.15) is 5.65 Å². The van der Waals surface area contributed by atoms with Gasteiger partial charge in [0.2, 0.25) is 5.91 Å². The van der Waals surface area contributed by atoms with E-state index in [4.69, 9.17) is 17.3 Å². The summed E-state index contributed by atoms with van der Waals surface area (Å²) in [6, 6.07) is 11.8. The normalized spacial score (nSPS) is 11.3. The lowest BCUT2D eigenvalue weighted by Crippen LogP contribution is -2.05. The van der Waals surface area contributed by atoms with E-state index in [-0.39, 0.29) is 0 Å². The van der Waals surface area contributed by atoms with E-state index in [0.717, 1.165) is 38.9 Å². The summed E-state index contributed by atoms with van der Waals surface area (Å²) in [5.74, 6) is -0.476. The van der Waals surface area contributed by atoms with E-state index in [9.17, 15) is 4.79 Å². The van der Waals surface area contributed by atoms with Gasteiger partial charge in [0.25, 0.3) is 0 Å². The largest absolute Gasteiger partial charge is 0.366 e. The predicted octanol–water partition coefficient (Wildman–Crippen LogP) is 4.44. The van der Waals surface area contributed by atoms with E-state index < -0.39 is 5.91 Å². The zero-order chi connectivity index (χ0) is 18.8. The molecule has 3 N–H and O–H groups in total. The molecule has 0 atom stereocenters. The van der Waals surface area contributed by atoms with Gasteiger partial charge in [0.05, 0.1) is 5.02 Å². The maximum atomic E-state index is 10.9. The van der Waals surface area contributed by atoms with E-state index >= 15 is 0 Å². The summed E-state index contributed by atoms with van der Waals surface area (Å²) in [5.41, 5.74) is 10.7. The number of nitrogens with zero attached hydrogens (tertiary/aromatic N) is 2. The summed E-state index contributed by atoms with van der Waals surface area (Å²) in [4.78, 5) is 22.8. The van der Waals surface area contributed by atoms with Crippen molar-refractivity contribution in [1.82, 2.24) is 15.0 Å². The zero-order valence-corrected chi connectivity index (χ0v) is 14.9. The van der Waals surface area contributed by atoms with Gasteiger partial charge in [-0.2, -0.15) is 0 Å². The minimum Gasteiger partial charge on any atom is -0.366 e. The number of aromatic amines is 1. The fraction of sp³-hybridized carbons (Fsp3) is 0. The van der Waals surface area contributed by atoms with Gasteiger partial charge in [0.15, 0.2) is 0 Å². The Kier molecular flexibility index (Phi) is 4.44. The molecule has 0 aliphatic rings. The van der Waals surface area contributed by atoms with Crippen LogP contribution in [0.15, 0.2) is 67.3 Å².